The summed E-state index contributed by atoms with van der Waals surface area (Å²) in [6.07, 6.45) is 0.932. The monoisotopic (exact) mass is 238 g/mol. The van der Waals surface area contributed by atoms with Gasteiger partial charge in [-0.3, -0.25) is 4.79 Å². The predicted octanol–water partition coefficient (Wildman–Crippen LogP) is 1.50. The minimum Gasteiger partial charge on any atom is -0.359 e. The highest BCUT2D eigenvalue weighted by Crippen LogP contribution is 2.34. The van der Waals surface area contributed by atoms with Gasteiger partial charge in [0, 0.05) is 30.3 Å². The molecule has 2 rings (SSSR count). The third-order valence-corrected chi connectivity index (χ3v) is 4.45. The minimum atomic E-state index is 0.128. The van der Waals surface area contributed by atoms with Gasteiger partial charge in [0.1, 0.15) is 0 Å². The highest BCUT2D eigenvalue weighted by molar-refractivity contribution is 7.10. The topological polar surface area (TPSA) is 41.1 Å². The lowest BCUT2D eigenvalue weighted by Gasteiger charge is -2.30. The van der Waals surface area contributed by atoms with Crippen LogP contribution in [0.25, 0.3) is 0 Å². The van der Waals surface area contributed by atoms with Crippen LogP contribution in [0.4, 0.5) is 0 Å². The molecule has 1 aromatic heterocycles. The lowest BCUT2D eigenvalue weighted by atomic mass is 9.83. The molecule has 1 saturated heterocycles. The van der Waals surface area contributed by atoms with E-state index < -0.39 is 0 Å². The summed E-state index contributed by atoms with van der Waals surface area (Å²) in [5.41, 5.74) is 1.31. The summed E-state index contributed by atoms with van der Waals surface area (Å²) in [6.45, 7) is 3.99. The lowest BCUT2D eigenvalue weighted by Crippen LogP contribution is -2.42. The van der Waals surface area contributed by atoms with Crippen molar-refractivity contribution in [2.24, 2.45) is 5.92 Å². The molecule has 0 spiro atoms. The second kappa shape index (κ2) is 4.97. The molecule has 88 valence electrons. The molecule has 1 aromatic rings. The van der Waals surface area contributed by atoms with Crippen LogP contribution >= 0.6 is 11.3 Å². The Kier molecular flexibility index (Phi) is 3.61. The van der Waals surface area contributed by atoms with Crippen molar-refractivity contribution >= 4 is 17.2 Å². The first-order valence-corrected chi connectivity index (χ1v) is 6.58. The molecule has 0 aromatic carbocycles. The Labute approximate surface area is 100 Å². The average Bonchev–Trinajstić information content (AvgIpc) is 2.74. The molecule has 2 N–H and O–H groups in total. The zero-order valence-electron chi connectivity index (χ0n) is 9.75. The molecule has 1 aliphatic heterocycles. The Hall–Kier alpha value is -0.870. The summed E-state index contributed by atoms with van der Waals surface area (Å²) >= 11 is 1.77. The van der Waals surface area contributed by atoms with E-state index in [-0.39, 0.29) is 11.8 Å². The third-order valence-electron chi connectivity index (χ3n) is 3.30. The molecule has 0 bridgehead atoms. The molecule has 4 heteroatoms. The maximum Gasteiger partial charge on any atom is 0.223 e. The minimum absolute atomic E-state index is 0.128. The molecule has 1 aliphatic rings. The zero-order chi connectivity index (χ0) is 11.5. The number of aryl methyl sites for hydroxylation is 1. The molecule has 1 fully saturated rings. The van der Waals surface area contributed by atoms with Crippen LogP contribution in [0.15, 0.2) is 11.4 Å². The van der Waals surface area contributed by atoms with E-state index in [4.69, 9.17) is 0 Å². The molecule has 2 heterocycles. The first-order valence-electron chi connectivity index (χ1n) is 5.70. The zero-order valence-corrected chi connectivity index (χ0v) is 10.6. The van der Waals surface area contributed by atoms with E-state index in [1.807, 2.05) is 0 Å². The Balaban J connectivity index is 2.23. The molecule has 0 aliphatic carbocycles. The van der Waals surface area contributed by atoms with Gasteiger partial charge >= 0.3 is 0 Å². The number of nitrogens with one attached hydrogen (secondary N) is 2. The number of thiophene rings is 1. The molecular formula is C12H18N2OS. The van der Waals surface area contributed by atoms with E-state index in [2.05, 4.69) is 29.0 Å². The predicted molar refractivity (Wildman–Crippen MR) is 66.8 cm³/mol. The van der Waals surface area contributed by atoms with Crippen molar-refractivity contribution in [2.45, 2.75) is 19.3 Å². The number of hydrogen-bond donors (Lipinski definition) is 2. The maximum atomic E-state index is 11.8. The normalized spacial score (nSPS) is 25.4. The maximum absolute atomic E-state index is 11.8. The molecular weight excluding hydrogens is 220 g/mol. The van der Waals surface area contributed by atoms with Crippen molar-refractivity contribution in [3.05, 3.63) is 21.9 Å². The largest absolute Gasteiger partial charge is 0.359 e. The van der Waals surface area contributed by atoms with Gasteiger partial charge in [0.15, 0.2) is 0 Å². The van der Waals surface area contributed by atoms with Gasteiger partial charge in [0.25, 0.3) is 0 Å². The standard InChI is InChI=1S/C12H18N2OS/c1-8-4-6-16-11(8)10-7-14-5-3-9(10)12(15)13-2/h4,6,9-10,14H,3,5,7H2,1-2H3,(H,13,15). The molecule has 16 heavy (non-hydrogen) atoms. The summed E-state index contributed by atoms with van der Waals surface area (Å²) < 4.78 is 0. The van der Waals surface area contributed by atoms with E-state index in [0.29, 0.717) is 5.92 Å². The van der Waals surface area contributed by atoms with E-state index in [1.165, 1.54) is 10.4 Å². The van der Waals surface area contributed by atoms with Gasteiger partial charge in [-0.05, 0) is 36.9 Å². The molecule has 3 nitrogen and oxygen atoms in total. The Morgan fingerprint density at radius 2 is 2.44 bits per heavy atom. The van der Waals surface area contributed by atoms with Crippen molar-refractivity contribution in [1.29, 1.82) is 0 Å². The fraction of sp³-hybridized carbons (Fsp3) is 0.583. The van der Waals surface area contributed by atoms with Crippen LogP contribution in [0.1, 0.15) is 22.8 Å². The molecule has 2 atom stereocenters. The second-order valence-corrected chi connectivity index (χ2v) is 5.24. The average molecular weight is 238 g/mol. The molecule has 0 saturated carbocycles. The summed E-state index contributed by atoms with van der Waals surface area (Å²) in [6, 6.07) is 2.13. The summed E-state index contributed by atoms with van der Waals surface area (Å²) in [4.78, 5) is 13.2. The van der Waals surface area contributed by atoms with E-state index in [1.54, 1.807) is 18.4 Å². The van der Waals surface area contributed by atoms with Crippen LogP contribution in [0.3, 0.4) is 0 Å². The van der Waals surface area contributed by atoms with Gasteiger partial charge in [0.2, 0.25) is 5.91 Å². The van der Waals surface area contributed by atoms with Gasteiger partial charge in [-0.15, -0.1) is 11.3 Å². The summed E-state index contributed by atoms with van der Waals surface area (Å²) in [5, 5.41) is 8.28. The summed E-state index contributed by atoms with van der Waals surface area (Å²) in [7, 11) is 1.72. The van der Waals surface area contributed by atoms with Gasteiger partial charge in [0.05, 0.1) is 0 Å². The Morgan fingerprint density at radius 1 is 1.62 bits per heavy atom. The number of amides is 1. The Morgan fingerprint density at radius 3 is 3.06 bits per heavy atom. The smallest absolute Gasteiger partial charge is 0.223 e. The lowest BCUT2D eigenvalue weighted by molar-refractivity contribution is -0.125. The van der Waals surface area contributed by atoms with Gasteiger partial charge in [-0.2, -0.15) is 0 Å². The number of piperidine rings is 1. The van der Waals surface area contributed by atoms with Gasteiger partial charge in [-0.25, -0.2) is 0 Å². The van der Waals surface area contributed by atoms with Crippen LogP contribution < -0.4 is 10.6 Å². The van der Waals surface area contributed by atoms with Crippen molar-refractivity contribution in [2.75, 3.05) is 20.1 Å². The molecule has 0 radical (unpaired) electrons. The van der Waals surface area contributed by atoms with E-state index >= 15 is 0 Å². The van der Waals surface area contributed by atoms with Gasteiger partial charge < -0.3 is 10.6 Å². The fourth-order valence-electron chi connectivity index (χ4n) is 2.40. The highest BCUT2D eigenvalue weighted by atomic mass is 32.1. The number of rotatable bonds is 2. The fourth-order valence-corrected chi connectivity index (χ4v) is 3.49. The highest BCUT2D eigenvalue weighted by Gasteiger charge is 2.32. The second-order valence-electron chi connectivity index (χ2n) is 4.29. The molecule has 2 unspecified atom stereocenters. The first kappa shape index (κ1) is 11.6. The summed E-state index contributed by atoms with van der Waals surface area (Å²) in [5.74, 6) is 0.650. The van der Waals surface area contributed by atoms with E-state index in [9.17, 15) is 4.79 Å². The Bertz CT molecular complexity index is 375. The van der Waals surface area contributed by atoms with Crippen LogP contribution in [0.2, 0.25) is 0 Å². The SMILES string of the molecule is CNC(=O)C1CCNCC1c1sccc1C. The van der Waals surface area contributed by atoms with E-state index in [0.717, 1.165) is 19.5 Å². The number of carbonyl (C=O) groups is 1. The number of hydrogen-bond acceptors (Lipinski definition) is 3. The van der Waals surface area contributed by atoms with Crippen molar-refractivity contribution in [1.82, 2.24) is 10.6 Å². The van der Waals surface area contributed by atoms with Crippen LogP contribution in [-0.2, 0) is 4.79 Å². The van der Waals surface area contributed by atoms with Gasteiger partial charge in [-0.1, -0.05) is 0 Å². The van der Waals surface area contributed by atoms with Crippen LogP contribution in [-0.4, -0.2) is 26.0 Å². The van der Waals surface area contributed by atoms with Crippen molar-refractivity contribution < 1.29 is 4.79 Å². The van der Waals surface area contributed by atoms with Crippen molar-refractivity contribution in [3.63, 3.8) is 0 Å². The number of carbonyl (C=O) groups excluding carboxylic acids is 1. The van der Waals surface area contributed by atoms with Crippen LogP contribution in [0.5, 0.6) is 0 Å². The molecule has 1 amide bonds. The van der Waals surface area contributed by atoms with Crippen LogP contribution in [0, 0.1) is 12.8 Å². The third kappa shape index (κ3) is 2.13. The quantitative estimate of drug-likeness (QED) is 0.819. The first-order chi connectivity index (χ1) is 7.74. The van der Waals surface area contributed by atoms with Crippen molar-refractivity contribution in [3.8, 4) is 0 Å².